The number of hydrogen-bond acceptors (Lipinski definition) is 5. The van der Waals surface area contributed by atoms with Gasteiger partial charge in [0.15, 0.2) is 5.82 Å². The van der Waals surface area contributed by atoms with E-state index in [0.717, 1.165) is 13.1 Å². The molecule has 2 rings (SSSR count). The van der Waals surface area contributed by atoms with Gasteiger partial charge in [-0.05, 0) is 6.07 Å². The number of hydrogen-bond donors (Lipinski definition) is 1. The summed E-state index contributed by atoms with van der Waals surface area (Å²) >= 11 is 0. The van der Waals surface area contributed by atoms with E-state index in [4.69, 9.17) is 0 Å². The second kappa shape index (κ2) is 4.36. The van der Waals surface area contributed by atoms with E-state index in [1.165, 1.54) is 24.7 Å². The Bertz CT molecular complexity index is 498. The number of halogens is 2. The van der Waals surface area contributed by atoms with Crippen molar-refractivity contribution in [3.05, 3.63) is 36.4 Å². The van der Waals surface area contributed by atoms with Crippen molar-refractivity contribution in [2.75, 3.05) is 5.32 Å². The number of aromatic nitrogens is 4. The van der Waals surface area contributed by atoms with Crippen LogP contribution in [0, 0.1) is 0 Å². The van der Waals surface area contributed by atoms with E-state index in [1.807, 2.05) is 0 Å². The predicted octanol–water partition coefficient (Wildman–Crippen LogP) is 2.12. The first-order valence-corrected chi connectivity index (χ1v) is 4.80. The summed E-state index contributed by atoms with van der Waals surface area (Å²) in [6.45, 7) is 0.802. The van der Waals surface area contributed by atoms with Crippen molar-refractivity contribution in [2.24, 2.45) is 0 Å². The third kappa shape index (κ3) is 2.90. The molecular weight excluding hydrogens is 228 g/mol. The highest BCUT2D eigenvalue weighted by molar-refractivity contribution is 5.50. The topological polar surface area (TPSA) is 63.6 Å². The molecule has 2 aromatic heterocycles. The van der Waals surface area contributed by atoms with Crippen molar-refractivity contribution >= 4 is 11.6 Å². The number of anilines is 2. The molecule has 0 aliphatic rings. The van der Waals surface area contributed by atoms with Gasteiger partial charge in [0.25, 0.3) is 5.92 Å². The SMILES string of the molecule is CC(F)(F)c1cnnc(Nc2cnccn2)c1. The third-order valence-electron chi connectivity index (χ3n) is 1.98. The van der Waals surface area contributed by atoms with Crippen LogP contribution in [-0.2, 0) is 5.92 Å². The highest BCUT2D eigenvalue weighted by atomic mass is 19.3. The molecule has 0 radical (unpaired) electrons. The Morgan fingerprint density at radius 3 is 2.65 bits per heavy atom. The highest BCUT2D eigenvalue weighted by Crippen LogP contribution is 2.27. The molecule has 5 nitrogen and oxygen atoms in total. The number of alkyl halides is 2. The normalized spacial score (nSPS) is 11.2. The van der Waals surface area contributed by atoms with Gasteiger partial charge in [0.05, 0.1) is 12.4 Å². The molecule has 0 atom stereocenters. The van der Waals surface area contributed by atoms with Crippen molar-refractivity contribution in [3.8, 4) is 0 Å². The van der Waals surface area contributed by atoms with Crippen LogP contribution in [-0.4, -0.2) is 20.2 Å². The lowest BCUT2D eigenvalue weighted by molar-refractivity contribution is 0.0170. The van der Waals surface area contributed by atoms with Crippen molar-refractivity contribution in [2.45, 2.75) is 12.8 Å². The lowest BCUT2D eigenvalue weighted by Gasteiger charge is -2.10. The quantitative estimate of drug-likeness (QED) is 0.885. The summed E-state index contributed by atoms with van der Waals surface area (Å²) in [6, 6.07) is 1.22. The zero-order chi connectivity index (χ0) is 12.3. The Morgan fingerprint density at radius 1 is 1.18 bits per heavy atom. The van der Waals surface area contributed by atoms with E-state index in [2.05, 4.69) is 25.5 Å². The van der Waals surface area contributed by atoms with E-state index in [9.17, 15) is 8.78 Å². The first-order valence-electron chi connectivity index (χ1n) is 4.80. The average molecular weight is 237 g/mol. The minimum absolute atomic E-state index is 0.199. The molecule has 0 saturated carbocycles. The minimum atomic E-state index is -2.95. The fourth-order valence-corrected chi connectivity index (χ4v) is 1.16. The summed E-state index contributed by atoms with van der Waals surface area (Å²) < 4.78 is 26.1. The van der Waals surface area contributed by atoms with Crippen molar-refractivity contribution in [3.63, 3.8) is 0 Å². The fraction of sp³-hybridized carbons (Fsp3) is 0.200. The molecule has 0 aromatic carbocycles. The molecule has 2 heterocycles. The van der Waals surface area contributed by atoms with Crippen LogP contribution in [0.3, 0.4) is 0 Å². The van der Waals surface area contributed by atoms with E-state index in [0.29, 0.717) is 5.82 Å². The number of nitrogens with zero attached hydrogens (tertiary/aromatic N) is 4. The van der Waals surface area contributed by atoms with E-state index >= 15 is 0 Å². The molecule has 17 heavy (non-hydrogen) atoms. The van der Waals surface area contributed by atoms with Crippen LogP contribution in [0.4, 0.5) is 20.4 Å². The van der Waals surface area contributed by atoms with Crippen molar-refractivity contribution in [1.82, 2.24) is 20.2 Å². The average Bonchev–Trinajstić information content (AvgIpc) is 2.29. The summed E-state index contributed by atoms with van der Waals surface area (Å²) in [6.07, 6.45) is 5.47. The van der Waals surface area contributed by atoms with Crippen LogP contribution < -0.4 is 5.32 Å². The van der Waals surface area contributed by atoms with Gasteiger partial charge in [-0.3, -0.25) is 4.98 Å². The summed E-state index contributed by atoms with van der Waals surface area (Å²) in [7, 11) is 0. The molecular formula is C10H9F2N5. The number of rotatable bonds is 3. The van der Waals surface area contributed by atoms with Crippen LogP contribution >= 0.6 is 0 Å². The molecule has 0 aliphatic heterocycles. The van der Waals surface area contributed by atoms with Gasteiger partial charge >= 0.3 is 0 Å². The summed E-state index contributed by atoms with van der Waals surface area (Å²) in [4.78, 5) is 7.77. The molecule has 7 heteroatoms. The zero-order valence-electron chi connectivity index (χ0n) is 8.93. The molecule has 0 amide bonds. The second-order valence-electron chi connectivity index (χ2n) is 3.43. The standard InChI is InChI=1S/C10H9F2N5/c1-10(11,12)7-4-8(17-15-5-7)16-9-6-13-2-3-14-9/h2-6H,1H3,(H,14,16,17). The highest BCUT2D eigenvalue weighted by Gasteiger charge is 2.25. The second-order valence-corrected chi connectivity index (χ2v) is 3.43. The number of nitrogens with one attached hydrogen (secondary N) is 1. The Labute approximate surface area is 95.9 Å². The molecule has 0 spiro atoms. The van der Waals surface area contributed by atoms with Gasteiger partial charge in [-0.2, -0.15) is 5.10 Å². The monoisotopic (exact) mass is 237 g/mol. The molecule has 1 N–H and O–H groups in total. The molecule has 0 fully saturated rings. The van der Waals surface area contributed by atoms with Gasteiger partial charge < -0.3 is 5.32 Å². The zero-order valence-corrected chi connectivity index (χ0v) is 8.93. The predicted molar refractivity (Wildman–Crippen MR) is 56.9 cm³/mol. The maximum absolute atomic E-state index is 13.0. The van der Waals surface area contributed by atoms with Gasteiger partial charge in [-0.25, -0.2) is 13.8 Å². The Balaban J connectivity index is 2.23. The molecule has 0 bridgehead atoms. The smallest absolute Gasteiger partial charge is 0.272 e. The lowest BCUT2D eigenvalue weighted by Crippen LogP contribution is -2.09. The Morgan fingerprint density at radius 2 is 2.00 bits per heavy atom. The van der Waals surface area contributed by atoms with Gasteiger partial charge in [0.2, 0.25) is 0 Å². The molecule has 2 aromatic rings. The Hall–Kier alpha value is -2.18. The van der Waals surface area contributed by atoms with Crippen LogP contribution in [0.25, 0.3) is 0 Å². The van der Waals surface area contributed by atoms with E-state index in [1.54, 1.807) is 0 Å². The summed E-state index contributed by atoms with van der Waals surface area (Å²) in [5.41, 5.74) is -0.209. The van der Waals surface area contributed by atoms with Crippen LogP contribution in [0.5, 0.6) is 0 Å². The van der Waals surface area contributed by atoms with Gasteiger partial charge in [-0.1, -0.05) is 0 Å². The maximum Gasteiger partial charge on any atom is 0.272 e. The Kier molecular flexibility index (Phi) is 2.90. The van der Waals surface area contributed by atoms with Crippen LogP contribution in [0.2, 0.25) is 0 Å². The first kappa shape index (κ1) is 11.3. The van der Waals surface area contributed by atoms with E-state index < -0.39 is 5.92 Å². The fourth-order valence-electron chi connectivity index (χ4n) is 1.16. The van der Waals surface area contributed by atoms with Gasteiger partial charge in [0, 0.05) is 24.9 Å². The van der Waals surface area contributed by atoms with Crippen molar-refractivity contribution in [1.29, 1.82) is 0 Å². The first-order chi connectivity index (χ1) is 8.05. The van der Waals surface area contributed by atoms with Crippen LogP contribution in [0.1, 0.15) is 12.5 Å². The minimum Gasteiger partial charge on any atom is -0.322 e. The van der Waals surface area contributed by atoms with Crippen LogP contribution in [0.15, 0.2) is 30.9 Å². The summed E-state index contributed by atoms with van der Waals surface area (Å²) in [5.74, 6) is -2.34. The van der Waals surface area contributed by atoms with Crippen molar-refractivity contribution < 1.29 is 8.78 Å². The summed E-state index contributed by atoms with van der Waals surface area (Å²) in [5, 5.41) is 9.93. The maximum atomic E-state index is 13.0. The lowest BCUT2D eigenvalue weighted by atomic mass is 10.2. The third-order valence-corrected chi connectivity index (χ3v) is 1.98. The molecule has 0 saturated heterocycles. The molecule has 0 aliphatic carbocycles. The van der Waals surface area contributed by atoms with Gasteiger partial charge in [0.1, 0.15) is 5.82 Å². The van der Waals surface area contributed by atoms with Gasteiger partial charge in [-0.15, -0.1) is 5.10 Å². The largest absolute Gasteiger partial charge is 0.322 e. The molecule has 88 valence electrons. The molecule has 0 unspecified atom stereocenters. The van der Waals surface area contributed by atoms with E-state index in [-0.39, 0.29) is 11.4 Å².